The Balaban J connectivity index is 1.89. The molecule has 1 aromatic carbocycles. The monoisotopic (exact) mass is 294 g/mol. The highest BCUT2D eigenvalue weighted by molar-refractivity contribution is 5.50. The van der Waals surface area contributed by atoms with E-state index in [2.05, 4.69) is 45.8 Å². The molecule has 0 unspecified atom stereocenters. The van der Waals surface area contributed by atoms with Crippen molar-refractivity contribution < 1.29 is 0 Å². The number of aryl methyl sites for hydroxylation is 1. The minimum Gasteiger partial charge on any atom is -0.263 e. The molecule has 108 valence electrons. The largest absolute Gasteiger partial charge is 0.263 e. The summed E-state index contributed by atoms with van der Waals surface area (Å²) < 4.78 is 0. The summed E-state index contributed by atoms with van der Waals surface area (Å²) in [5.41, 5.74) is 4.83. The third-order valence-electron chi connectivity index (χ3n) is 3.10. The molecule has 3 rings (SSSR count). The van der Waals surface area contributed by atoms with Crippen molar-refractivity contribution in [1.29, 1.82) is 0 Å². The summed E-state index contributed by atoms with van der Waals surface area (Å²) >= 11 is 0. The maximum absolute atomic E-state index is 4.06. The lowest BCUT2D eigenvalue weighted by molar-refractivity contribution is 1.31. The Morgan fingerprint density at radius 2 is 1.13 bits per heavy atom. The van der Waals surface area contributed by atoms with E-state index >= 15 is 0 Å². The van der Waals surface area contributed by atoms with E-state index in [1.54, 1.807) is 24.8 Å². The molecule has 0 amide bonds. The van der Waals surface area contributed by atoms with Crippen LogP contribution in [0.5, 0.6) is 0 Å². The lowest BCUT2D eigenvalue weighted by Crippen LogP contribution is -1.84. The van der Waals surface area contributed by atoms with Crippen molar-refractivity contribution in [2.24, 2.45) is 0 Å². The molecule has 0 saturated heterocycles. The van der Waals surface area contributed by atoms with E-state index in [4.69, 9.17) is 0 Å². The second-order valence-corrected chi connectivity index (χ2v) is 5.07. The van der Waals surface area contributed by atoms with Crippen LogP contribution in [0, 0.1) is 30.6 Å². The van der Waals surface area contributed by atoms with E-state index in [9.17, 15) is 0 Å². The maximum atomic E-state index is 4.06. The Bertz CT molecular complexity index is 846. The first kappa shape index (κ1) is 14.6. The topological polar surface area (TPSA) is 25.8 Å². The third-order valence-corrected chi connectivity index (χ3v) is 3.10. The predicted molar refractivity (Wildman–Crippen MR) is 91.6 cm³/mol. The third kappa shape index (κ3) is 4.30. The quantitative estimate of drug-likeness (QED) is 0.592. The molecule has 2 heteroatoms. The van der Waals surface area contributed by atoms with Crippen molar-refractivity contribution in [3.05, 3.63) is 95.1 Å². The van der Waals surface area contributed by atoms with Gasteiger partial charge in [0.1, 0.15) is 0 Å². The summed E-state index contributed by atoms with van der Waals surface area (Å²) in [6, 6.07) is 13.8. The van der Waals surface area contributed by atoms with Gasteiger partial charge in [-0.25, -0.2) is 0 Å². The molecule has 0 aliphatic carbocycles. The van der Waals surface area contributed by atoms with Gasteiger partial charge in [0, 0.05) is 47.0 Å². The molecule has 0 fully saturated rings. The molecular formula is C21H14N2. The van der Waals surface area contributed by atoms with Crippen LogP contribution in [0.25, 0.3) is 0 Å². The van der Waals surface area contributed by atoms with Gasteiger partial charge >= 0.3 is 0 Å². The molecule has 3 aromatic rings. The van der Waals surface area contributed by atoms with Crippen LogP contribution in [0.1, 0.15) is 27.8 Å². The average Bonchev–Trinajstić information content (AvgIpc) is 2.60. The first-order valence-electron chi connectivity index (χ1n) is 7.25. The smallest absolute Gasteiger partial charge is 0.0432 e. The van der Waals surface area contributed by atoms with Crippen molar-refractivity contribution in [2.75, 3.05) is 0 Å². The molecule has 2 heterocycles. The fourth-order valence-electron chi connectivity index (χ4n) is 2.09. The van der Waals surface area contributed by atoms with Gasteiger partial charge in [-0.15, -0.1) is 0 Å². The Morgan fingerprint density at radius 3 is 1.57 bits per heavy atom. The second kappa shape index (κ2) is 7.07. The lowest BCUT2D eigenvalue weighted by atomic mass is 10.1. The number of hydrogen-bond acceptors (Lipinski definition) is 2. The molecule has 0 N–H and O–H groups in total. The van der Waals surface area contributed by atoms with E-state index in [1.807, 2.05) is 37.3 Å². The summed E-state index contributed by atoms with van der Waals surface area (Å²) in [7, 11) is 0. The van der Waals surface area contributed by atoms with Gasteiger partial charge in [0.05, 0.1) is 0 Å². The second-order valence-electron chi connectivity index (χ2n) is 5.07. The first-order valence-corrected chi connectivity index (χ1v) is 7.25. The van der Waals surface area contributed by atoms with E-state index in [0.717, 1.165) is 27.8 Å². The Kier molecular flexibility index (Phi) is 4.48. The zero-order chi connectivity index (χ0) is 15.9. The summed E-state index contributed by atoms with van der Waals surface area (Å²) in [6.45, 7) is 2.05. The molecule has 0 bridgehead atoms. The lowest BCUT2D eigenvalue weighted by Gasteiger charge is -1.97. The van der Waals surface area contributed by atoms with Crippen LogP contribution in [0.4, 0.5) is 0 Å². The van der Waals surface area contributed by atoms with E-state index in [-0.39, 0.29) is 0 Å². The zero-order valence-electron chi connectivity index (χ0n) is 12.7. The van der Waals surface area contributed by atoms with E-state index in [0.29, 0.717) is 0 Å². The zero-order valence-corrected chi connectivity index (χ0v) is 12.7. The fraction of sp³-hybridized carbons (Fsp3) is 0.0476. The van der Waals surface area contributed by atoms with Crippen LogP contribution < -0.4 is 0 Å². The minimum absolute atomic E-state index is 0.900. The summed E-state index contributed by atoms with van der Waals surface area (Å²) in [4.78, 5) is 8.13. The van der Waals surface area contributed by atoms with Gasteiger partial charge in [0.25, 0.3) is 0 Å². The molecule has 0 radical (unpaired) electrons. The van der Waals surface area contributed by atoms with Crippen LogP contribution in [0.2, 0.25) is 0 Å². The highest BCUT2D eigenvalue weighted by atomic mass is 14.6. The highest BCUT2D eigenvalue weighted by Gasteiger charge is 1.95. The molecular weight excluding hydrogens is 280 g/mol. The Hall–Kier alpha value is -3.36. The SMILES string of the molecule is Cc1cc(C#Cc2cccnc2)cc(C#Cc2cccnc2)c1. The number of benzene rings is 1. The van der Waals surface area contributed by atoms with Crippen molar-refractivity contribution in [3.63, 3.8) is 0 Å². The van der Waals surface area contributed by atoms with Crippen LogP contribution in [-0.2, 0) is 0 Å². The predicted octanol–water partition coefficient (Wildman–Crippen LogP) is 3.58. The average molecular weight is 294 g/mol. The van der Waals surface area contributed by atoms with Crippen molar-refractivity contribution in [2.45, 2.75) is 6.92 Å². The maximum Gasteiger partial charge on any atom is 0.0432 e. The van der Waals surface area contributed by atoms with Gasteiger partial charge in [-0.3, -0.25) is 9.97 Å². The summed E-state index contributed by atoms with van der Waals surface area (Å²) in [6.07, 6.45) is 6.99. The fourth-order valence-corrected chi connectivity index (χ4v) is 2.09. The van der Waals surface area contributed by atoms with Gasteiger partial charge in [-0.05, 0) is 55.0 Å². The summed E-state index contributed by atoms with van der Waals surface area (Å²) in [5.74, 6) is 12.6. The summed E-state index contributed by atoms with van der Waals surface area (Å²) in [5, 5.41) is 0. The molecule has 2 aromatic heterocycles. The molecule has 23 heavy (non-hydrogen) atoms. The molecule has 2 nitrogen and oxygen atoms in total. The number of rotatable bonds is 0. The number of pyridine rings is 2. The molecule has 0 spiro atoms. The first-order chi connectivity index (χ1) is 11.3. The van der Waals surface area contributed by atoms with Gasteiger partial charge in [-0.1, -0.05) is 23.7 Å². The number of hydrogen-bond donors (Lipinski definition) is 0. The molecule has 0 aliphatic rings. The van der Waals surface area contributed by atoms with Crippen molar-refractivity contribution in [3.8, 4) is 23.7 Å². The van der Waals surface area contributed by atoms with E-state index in [1.165, 1.54) is 0 Å². The van der Waals surface area contributed by atoms with Gasteiger partial charge in [-0.2, -0.15) is 0 Å². The van der Waals surface area contributed by atoms with Crippen LogP contribution >= 0.6 is 0 Å². The van der Waals surface area contributed by atoms with Gasteiger partial charge < -0.3 is 0 Å². The van der Waals surface area contributed by atoms with Crippen LogP contribution in [0.15, 0.2) is 67.3 Å². The van der Waals surface area contributed by atoms with Crippen molar-refractivity contribution >= 4 is 0 Å². The molecule has 0 saturated carbocycles. The number of nitrogens with zero attached hydrogens (tertiary/aromatic N) is 2. The number of aromatic nitrogens is 2. The van der Waals surface area contributed by atoms with Crippen molar-refractivity contribution in [1.82, 2.24) is 9.97 Å². The molecule has 0 atom stereocenters. The van der Waals surface area contributed by atoms with E-state index < -0.39 is 0 Å². The van der Waals surface area contributed by atoms with Crippen LogP contribution in [-0.4, -0.2) is 9.97 Å². The van der Waals surface area contributed by atoms with Crippen LogP contribution in [0.3, 0.4) is 0 Å². The minimum atomic E-state index is 0.900. The molecule has 0 aliphatic heterocycles. The standard InChI is InChI=1S/C21H14N2/c1-17-12-20(8-6-18-4-2-10-22-15-18)14-21(13-17)9-7-19-5-3-11-23-16-19/h2-5,10-16H,1H3. The highest BCUT2D eigenvalue weighted by Crippen LogP contribution is 2.09. The normalized spacial score (nSPS) is 9.26. The Labute approximate surface area is 136 Å². The Morgan fingerprint density at radius 1 is 0.652 bits per heavy atom. The van der Waals surface area contributed by atoms with Gasteiger partial charge in [0.15, 0.2) is 0 Å². The van der Waals surface area contributed by atoms with Gasteiger partial charge in [0.2, 0.25) is 0 Å².